The van der Waals surface area contributed by atoms with Gasteiger partial charge in [-0.3, -0.25) is 14.8 Å². The number of nitrogens with zero attached hydrogens (tertiary/aromatic N) is 1. The van der Waals surface area contributed by atoms with Crippen molar-refractivity contribution in [1.29, 1.82) is 0 Å². The monoisotopic (exact) mass is 372 g/mol. The van der Waals surface area contributed by atoms with Crippen LogP contribution >= 0.6 is 31.9 Å². The number of halogens is 2. The molecule has 0 unspecified atom stereocenters. The van der Waals surface area contributed by atoms with Gasteiger partial charge in [0.15, 0.2) is 0 Å². The molecule has 0 aromatic heterocycles. The lowest BCUT2D eigenvalue weighted by Crippen LogP contribution is -2.13. The Hall–Kier alpha value is -0.670. The molecule has 0 saturated heterocycles. The van der Waals surface area contributed by atoms with Gasteiger partial charge in [-0.15, -0.1) is 0 Å². The first-order valence-electron chi connectivity index (χ1n) is 3.86. The molecule has 88 valence electrons. The molecule has 1 aromatic rings. The highest BCUT2D eigenvalue weighted by Crippen LogP contribution is 2.27. The van der Waals surface area contributed by atoms with Crippen LogP contribution in [0.4, 0.5) is 11.4 Å². The van der Waals surface area contributed by atoms with Gasteiger partial charge in [0, 0.05) is 16.6 Å². The summed E-state index contributed by atoms with van der Waals surface area (Å²) < 4.78 is 24.8. The van der Waals surface area contributed by atoms with E-state index in [1.807, 2.05) is 0 Å². The number of rotatable bonds is 4. The lowest BCUT2D eigenvalue weighted by Gasteiger charge is -2.06. The van der Waals surface area contributed by atoms with Crippen LogP contribution < -0.4 is 4.72 Å². The molecule has 0 heterocycles. The van der Waals surface area contributed by atoms with Crippen LogP contribution in [-0.2, 0) is 10.0 Å². The third-order valence-electron chi connectivity index (χ3n) is 1.57. The maximum Gasteiger partial charge on any atom is 0.270 e. The number of non-ortho nitro benzene ring substituents is 1. The molecular formula is C7H6Br2N2O4S. The third kappa shape index (κ3) is 3.42. The number of benzene rings is 1. The second kappa shape index (κ2) is 5.11. The van der Waals surface area contributed by atoms with Crippen LogP contribution in [0.1, 0.15) is 0 Å². The van der Waals surface area contributed by atoms with E-state index in [2.05, 4.69) is 36.6 Å². The van der Waals surface area contributed by atoms with E-state index in [4.69, 9.17) is 0 Å². The van der Waals surface area contributed by atoms with Crippen molar-refractivity contribution in [3.63, 3.8) is 0 Å². The summed E-state index contributed by atoms with van der Waals surface area (Å²) in [5.74, 6) is 0. The van der Waals surface area contributed by atoms with E-state index in [1.54, 1.807) is 0 Å². The van der Waals surface area contributed by atoms with E-state index in [0.29, 0.717) is 4.47 Å². The maximum absolute atomic E-state index is 11.2. The normalized spacial score (nSPS) is 11.1. The molecular weight excluding hydrogens is 368 g/mol. The minimum absolute atomic E-state index is 0.117. The van der Waals surface area contributed by atoms with E-state index in [-0.39, 0.29) is 16.0 Å². The second-order valence-electron chi connectivity index (χ2n) is 2.75. The molecule has 0 fully saturated rings. The molecule has 0 atom stereocenters. The van der Waals surface area contributed by atoms with Crippen LogP contribution in [0.15, 0.2) is 22.7 Å². The average Bonchev–Trinajstić information content (AvgIpc) is 2.20. The van der Waals surface area contributed by atoms with Crippen molar-refractivity contribution < 1.29 is 13.3 Å². The largest absolute Gasteiger partial charge is 0.282 e. The average molecular weight is 374 g/mol. The van der Waals surface area contributed by atoms with Crippen LogP contribution in [0.2, 0.25) is 0 Å². The summed E-state index contributed by atoms with van der Waals surface area (Å²) in [5.41, 5.74) is 0.138. The first kappa shape index (κ1) is 13.4. The lowest BCUT2D eigenvalue weighted by molar-refractivity contribution is -0.384. The van der Waals surface area contributed by atoms with Gasteiger partial charge < -0.3 is 0 Å². The minimum Gasteiger partial charge on any atom is -0.282 e. The molecule has 9 heteroatoms. The Morgan fingerprint density at radius 1 is 1.44 bits per heavy atom. The predicted molar refractivity (Wildman–Crippen MR) is 67.1 cm³/mol. The van der Waals surface area contributed by atoms with Gasteiger partial charge in [-0.2, -0.15) is 0 Å². The molecule has 1 rings (SSSR count). The fourth-order valence-electron chi connectivity index (χ4n) is 0.895. The molecule has 0 bridgehead atoms. The first-order chi connectivity index (χ1) is 7.35. The summed E-state index contributed by atoms with van der Waals surface area (Å²) in [5, 5.41) is 10.4. The van der Waals surface area contributed by atoms with Crippen LogP contribution in [-0.4, -0.2) is 18.0 Å². The molecule has 0 spiro atoms. The van der Waals surface area contributed by atoms with Crippen LogP contribution in [0.5, 0.6) is 0 Å². The summed E-state index contributed by atoms with van der Waals surface area (Å²) >= 11 is 5.87. The van der Waals surface area contributed by atoms with E-state index in [0.717, 1.165) is 0 Å². The van der Waals surface area contributed by atoms with E-state index in [1.165, 1.54) is 18.2 Å². The highest BCUT2D eigenvalue weighted by molar-refractivity contribution is 9.11. The molecule has 6 nitrogen and oxygen atoms in total. The van der Waals surface area contributed by atoms with Crippen molar-refractivity contribution in [2.45, 2.75) is 0 Å². The summed E-state index contributed by atoms with van der Waals surface area (Å²) in [7, 11) is -3.46. The Labute approximate surface area is 108 Å². The Balaban J connectivity index is 3.05. The number of sulfonamides is 1. The molecule has 0 aliphatic heterocycles. The summed E-state index contributed by atoms with van der Waals surface area (Å²) in [6.07, 6.45) is 0. The number of alkyl halides is 1. The summed E-state index contributed by atoms with van der Waals surface area (Å²) in [6.45, 7) is 0. The van der Waals surface area contributed by atoms with Crippen molar-refractivity contribution in [2.24, 2.45) is 0 Å². The quantitative estimate of drug-likeness (QED) is 0.498. The van der Waals surface area contributed by atoms with E-state index in [9.17, 15) is 18.5 Å². The predicted octanol–water partition coefficient (Wildman–Crippen LogP) is 2.45. The van der Waals surface area contributed by atoms with Gasteiger partial charge in [0.1, 0.15) is 4.66 Å². The molecule has 1 aromatic carbocycles. The van der Waals surface area contributed by atoms with E-state index < -0.39 is 14.9 Å². The zero-order chi connectivity index (χ0) is 12.3. The Morgan fingerprint density at radius 3 is 2.50 bits per heavy atom. The third-order valence-corrected chi connectivity index (χ3v) is 4.86. The van der Waals surface area contributed by atoms with Gasteiger partial charge in [0.2, 0.25) is 10.0 Å². The maximum atomic E-state index is 11.2. The van der Waals surface area contributed by atoms with Gasteiger partial charge >= 0.3 is 0 Å². The van der Waals surface area contributed by atoms with Crippen LogP contribution in [0, 0.1) is 10.1 Å². The van der Waals surface area contributed by atoms with Crippen molar-refractivity contribution in [2.75, 3.05) is 9.38 Å². The van der Waals surface area contributed by atoms with Gasteiger partial charge in [0.25, 0.3) is 5.69 Å². The van der Waals surface area contributed by atoms with Gasteiger partial charge in [-0.05, 0) is 22.0 Å². The Morgan fingerprint density at radius 2 is 2.06 bits per heavy atom. The zero-order valence-corrected chi connectivity index (χ0v) is 11.7. The zero-order valence-electron chi connectivity index (χ0n) is 7.68. The molecule has 16 heavy (non-hydrogen) atoms. The number of hydrogen-bond acceptors (Lipinski definition) is 4. The highest BCUT2D eigenvalue weighted by atomic mass is 79.9. The van der Waals surface area contributed by atoms with Gasteiger partial charge in [0.05, 0.1) is 10.6 Å². The minimum atomic E-state index is -3.46. The van der Waals surface area contributed by atoms with Crippen molar-refractivity contribution in [1.82, 2.24) is 0 Å². The number of nitro benzene ring substituents is 1. The Bertz CT molecular complexity index is 517. The number of anilines is 1. The molecule has 0 aliphatic rings. The van der Waals surface area contributed by atoms with E-state index >= 15 is 0 Å². The summed E-state index contributed by atoms with van der Waals surface area (Å²) in [4.78, 5) is 9.88. The highest BCUT2D eigenvalue weighted by Gasteiger charge is 2.13. The molecule has 0 radical (unpaired) electrons. The van der Waals surface area contributed by atoms with Crippen molar-refractivity contribution in [3.05, 3.63) is 32.8 Å². The Kier molecular flexibility index (Phi) is 4.28. The molecule has 0 aliphatic carbocycles. The van der Waals surface area contributed by atoms with Crippen molar-refractivity contribution in [3.8, 4) is 0 Å². The fraction of sp³-hybridized carbons (Fsp3) is 0.143. The van der Waals surface area contributed by atoms with Gasteiger partial charge in [-0.25, -0.2) is 8.42 Å². The topological polar surface area (TPSA) is 89.3 Å². The van der Waals surface area contributed by atoms with Gasteiger partial charge in [-0.1, -0.05) is 15.9 Å². The standard InChI is InChI=1S/C7H6Br2N2O4S/c8-4-16(14,15)10-7-2-1-5(11(12)13)3-6(7)9/h1-3,10H,4H2. The van der Waals surface area contributed by atoms with Crippen LogP contribution in [0.25, 0.3) is 0 Å². The second-order valence-corrected chi connectivity index (χ2v) is 6.63. The van der Waals surface area contributed by atoms with Crippen LogP contribution in [0.3, 0.4) is 0 Å². The summed E-state index contributed by atoms with van der Waals surface area (Å²) in [6, 6.07) is 3.77. The number of hydrogen-bond donors (Lipinski definition) is 1. The first-order valence-corrected chi connectivity index (χ1v) is 7.43. The SMILES string of the molecule is O=[N+]([O-])c1ccc(NS(=O)(=O)CBr)c(Br)c1. The number of nitrogens with one attached hydrogen (secondary N) is 1. The molecule has 0 saturated carbocycles. The number of nitro groups is 1. The fourth-order valence-corrected chi connectivity index (χ4v) is 2.40. The molecule has 0 amide bonds. The smallest absolute Gasteiger partial charge is 0.270 e. The van der Waals surface area contributed by atoms with Crippen molar-refractivity contribution >= 4 is 53.3 Å². The lowest BCUT2D eigenvalue weighted by atomic mass is 10.3. The molecule has 1 N–H and O–H groups in total.